The molecule has 0 aliphatic carbocycles. The molecule has 1 fully saturated rings. The molecular formula is C26H34N4O8S2. The fourth-order valence-corrected chi connectivity index (χ4v) is 6.42. The van der Waals surface area contributed by atoms with E-state index >= 15 is 0 Å². The highest BCUT2D eigenvalue weighted by Crippen LogP contribution is 2.43. The molecule has 0 bridgehead atoms. The Bertz CT molecular complexity index is 1470. The van der Waals surface area contributed by atoms with Gasteiger partial charge in [-0.15, -0.1) is 11.3 Å². The Balaban J connectivity index is 2.02. The molecule has 1 aliphatic rings. The molecule has 2 aromatic rings. The molecule has 1 aliphatic heterocycles. The number of imide groups is 1. The van der Waals surface area contributed by atoms with Gasteiger partial charge in [0.25, 0.3) is 5.91 Å². The number of rotatable bonds is 6. The summed E-state index contributed by atoms with van der Waals surface area (Å²) in [6, 6.07) is 2.74. The van der Waals surface area contributed by atoms with Crippen LogP contribution in [0.3, 0.4) is 0 Å². The number of carboxylic acid groups (broad SMARTS) is 1. The molecular weight excluding hydrogens is 560 g/mol. The van der Waals surface area contributed by atoms with Gasteiger partial charge in [-0.05, 0) is 40.0 Å². The molecule has 1 aromatic carbocycles. The highest BCUT2D eigenvalue weighted by Gasteiger charge is 2.41. The van der Waals surface area contributed by atoms with Gasteiger partial charge in [-0.2, -0.15) is 4.31 Å². The minimum atomic E-state index is -4.14. The van der Waals surface area contributed by atoms with Crippen LogP contribution in [-0.2, 0) is 20.2 Å². The number of sulfonamides is 1. The van der Waals surface area contributed by atoms with E-state index in [1.807, 2.05) is 20.8 Å². The second-order valence-electron chi connectivity index (χ2n) is 11.7. The first-order valence-corrected chi connectivity index (χ1v) is 15.1. The largest absolute Gasteiger partial charge is 0.507 e. The summed E-state index contributed by atoms with van der Waals surface area (Å²) in [6.07, 6.45) is -0.734. The minimum Gasteiger partial charge on any atom is -0.507 e. The zero-order valence-corrected chi connectivity index (χ0v) is 25.0. The molecule has 5 amide bonds. The molecule has 1 unspecified atom stereocenters. The summed E-state index contributed by atoms with van der Waals surface area (Å²) >= 11 is 1.07. The number of thiophene rings is 1. The first-order valence-electron chi connectivity index (χ1n) is 12.3. The average Bonchev–Trinajstić information content (AvgIpc) is 3.22. The maximum absolute atomic E-state index is 13.4. The van der Waals surface area contributed by atoms with Crippen molar-refractivity contribution in [3.63, 3.8) is 0 Å². The van der Waals surface area contributed by atoms with Crippen LogP contribution in [0.5, 0.6) is 5.75 Å². The van der Waals surface area contributed by atoms with Gasteiger partial charge in [0.2, 0.25) is 15.9 Å². The number of nitrogens with one attached hydrogen (secondary N) is 2. The van der Waals surface area contributed by atoms with Crippen molar-refractivity contribution in [2.75, 3.05) is 23.0 Å². The van der Waals surface area contributed by atoms with Crippen molar-refractivity contribution in [1.82, 2.24) is 9.62 Å². The molecule has 2 heterocycles. The molecule has 12 nitrogen and oxygen atoms in total. The average molecular weight is 595 g/mol. The number of hydrogen-bond donors (Lipinski definition) is 4. The van der Waals surface area contributed by atoms with E-state index in [1.165, 1.54) is 17.0 Å². The lowest BCUT2D eigenvalue weighted by Gasteiger charge is -2.36. The van der Waals surface area contributed by atoms with Crippen LogP contribution in [0.25, 0.3) is 0 Å². The standard InChI is InChI=1S/C26H34N4O8S2/c1-25(2,3)17-12-15(29-9-8-18(31)27-23(29)34)11-16(20(17)32)22(33)28-19-10-14(13-39-19)21(26(4,5)6)30(24(35)36)40(7,37)38/h10-13,21,32H,8-9H2,1-7H3,(H,28,33)(H,35,36)(H,27,31,34). The molecule has 0 radical (unpaired) electrons. The van der Waals surface area contributed by atoms with Crippen molar-refractivity contribution < 1.29 is 37.8 Å². The van der Waals surface area contributed by atoms with E-state index < -0.39 is 50.8 Å². The number of aromatic hydroxyl groups is 1. The fraction of sp³-hybridized carbons (Fsp3) is 0.462. The Kier molecular flexibility index (Phi) is 8.28. The van der Waals surface area contributed by atoms with E-state index in [1.54, 1.807) is 32.2 Å². The van der Waals surface area contributed by atoms with Gasteiger partial charge in [-0.25, -0.2) is 18.0 Å². The maximum atomic E-state index is 13.4. The minimum absolute atomic E-state index is 0.0761. The van der Waals surface area contributed by atoms with Gasteiger partial charge < -0.3 is 15.5 Å². The van der Waals surface area contributed by atoms with Crippen LogP contribution >= 0.6 is 11.3 Å². The van der Waals surface area contributed by atoms with Gasteiger partial charge in [-0.3, -0.25) is 19.8 Å². The van der Waals surface area contributed by atoms with Crippen molar-refractivity contribution in [1.29, 1.82) is 0 Å². The fourth-order valence-electron chi connectivity index (χ4n) is 4.50. The topological polar surface area (TPSA) is 173 Å². The first kappa shape index (κ1) is 30.9. The number of amides is 5. The molecule has 0 spiro atoms. The van der Waals surface area contributed by atoms with Crippen LogP contribution in [0.1, 0.15) is 75.5 Å². The molecule has 40 heavy (non-hydrogen) atoms. The SMILES string of the molecule is CC(C)(C)c1cc(N2CCC(=O)NC2=O)cc(C(=O)Nc2cc(C(N(C(=O)O)S(C)(=O)=O)C(C)(C)C)cs2)c1O. The molecule has 3 rings (SSSR count). The predicted octanol–water partition coefficient (Wildman–Crippen LogP) is 4.48. The Morgan fingerprint density at radius 1 is 1.12 bits per heavy atom. The van der Waals surface area contributed by atoms with E-state index in [0.29, 0.717) is 21.1 Å². The summed E-state index contributed by atoms with van der Waals surface area (Å²) in [5, 5.41) is 27.5. The van der Waals surface area contributed by atoms with Gasteiger partial charge in [0.15, 0.2) is 0 Å². The smallest absolute Gasteiger partial charge is 0.421 e. The molecule has 4 N–H and O–H groups in total. The molecule has 218 valence electrons. The zero-order chi connectivity index (χ0) is 30.4. The van der Waals surface area contributed by atoms with Crippen molar-refractivity contribution in [3.8, 4) is 5.75 Å². The summed E-state index contributed by atoms with van der Waals surface area (Å²) in [5.74, 6) is -1.38. The number of phenolic OH excluding ortho intramolecular Hbond substituents is 1. The van der Waals surface area contributed by atoms with Crippen LogP contribution < -0.4 is 15.5 Å². The second-order valence-corrected chi connectivity index (χ2v) is 14.5. The van der Waals surface area contributed by atoms with Crippen molar-refractivity contribution in [2.24, 2.45) is 5.41 Å². The van der Waals surface area contributed by atoms with E-state index in [0.717, 1.165) is 17.6 Å². The summed E-state index contributed by atoms with van der Waals surface area (Å²) < 4.78 is 25.1. The van der Waals surface area contributed by atoms with Crippen molar-refractivity contribution in [2.45, 2.75) is 59.4 Å². The van der Waals surface area contributed by atoms with Gasteiger partial charge in [-0.1, -0.05) is 41.5 Å². The number of carbonyl (C=O) groups excluding carboxylic acids is 3. The molecule has 1 saturated heterocycles. The monoisotopic (exact) mass is 594 g/mol. The number of benzene rings is 1. The van der Waals surface area contributed by atoms with Gasteiger partial charge in [0.05, 0.1) is 22.9 Å². The lowest BCUT2D eigenvalue weighted by Crippen LogP contribution is -2.49. The Hall–Kier alpha value is -3.65. The highest BCUT2D eigenvalue weighted by molar-refractivity contribution is 7.88. The number of carbonyl (C=O) groups is 4. The van der Waals surface area contributed by atoms with Crippen LogP contribution in [0.15, 0.2) is 23.6 Å². The third-order valence-corrected chi connectivity index (χ3v) is 8.23. The van der Waals surface area contributed by atoms with Crippen LogP contribution in [-0.4, -0.2) is 59.7 Å². The number of nitrogens with zero attached hydrogens (tertiary/aromatic N) is 2. The summed E-state index contributed by atoms with van der Waals surface area (Å²) in [4.78, 5) is 50.8. The van der Waals surface area contributed by atoms with Crippen LogP contribution in [0.4, 0.5) is 20.3 Å². The maximum Gasteiger partial charge on any atom is 0.421 e. The zero-order valence-electron chi connectivity index (χ0n) is 23.4. The highest BCUT2D eigenvalue weighted by atomic mass is 32.2. The predicted molar refractivity (Wildman–Crippen MR) is 151 cm³/mol. The molecule has 1 aromatic heterocycles. The van der Waals surface area contributed by atoms with Crippen LogP contribution in [0, 0.1) is 5.41 Å². The second kappa shape index (κ2) is 10.7. The van der Waals surface area contributed by atoms with Gasteiger partial charge in [0.1, 0.15) is 5.75 Å². The van der Waals surface area contributed by atoms with Gasteiger partial charge >= 0.3 is 12.1 Å². The quantitative estimate of drug-likeness (QED) is 0.379. The molecule has 14 heteroatoms. The Morgan fingerprint density at radius 2 is 1.75 bits per heavy atom. The third kappa shape index (κ3) is 6.55. The number of anilines is 2. The van der Waals surface area contributed by atoms with Gasteiger partial charge in [0, 0.05) is 24.2 Å². The lowest BCUT2D eigenvalue weighted by molar-refractivity contribution is -0.120. The Morgan fingerprint density at radius 3 is 2.25 bits per heavy atom. The number of hydrogen-bond acceptors (Lipinski definition) is 8. The van der Waals surface area contributed by atoms with Crippen molar-refractivity contribution in [3.05, 3.63) is 40.3 Å². The number of urea groups is 1. The van der Waals surface area contributed by atoms with Crippen molar-refractivity contribution >= 4 is 56.0 Å². The van der Waals surface area contributed by atoms with E-state index in [-0.39, 0.29) is 29.3 Å². The number of phenols is 1. The molecule has 1 atom stereocenters. The summed E-state index contributed by atoms with van der Waals surface area (Å²) in [5.41, 5.74) is -0.456. The van der Waals surface area contributed by atoms with E-state index in [4.69, 9.17) is 0 Å². The van der Waals surface area contributed by atoms with Crippen LogP contribution in [0.2, 0.25) is 0 Å². The Labute approximate surface area is 237 Å². The van der Waals surface area contributed by atoms with E-state index in [9.17, 15) is 37.8 Å². The van der Waals surface area contributed by atoms with E-state index in [2.05, 4.69) is 10.6 Å². The summed E-state index contributed by atoms with van der Waals surface area (Å²) in [6.45, 7) is 10.7. The molecule has 0 saturated carbocycles. The normalized spacial score (nSPS) is 15.4. The lowest BCUT2D eigenvalue weighted by atomic mass is 9.83. The summed E-state index contributed by atoms with van der Waals surface area (Å²) in [7, 11) is -4.14. The third-order valence-electron chi connectivity index (χ3n) is 6.29. The first-order chi connectivity index (χ1) is 18.2.